The van der Waals surface area contributed by atoms with Crippen molar-refractivity contribution >= 4 is 16.8 Å². The SMILES string of the molecule is CC(C)[C@H]1C[C@@H](NC(=O)N2CCC(c3cccc4cnccc34)CC2)CCO1. The Kier molecular flexibility index (Phi) is 5.81. The summed E-state index contributed by atoms with van der Waals surface area (Å²) in [7, 11) is 0. The third kappa shape index (κ3) is 4.14. The number of ether oxygens (including phenoxy) is 1. The molecule has 0 radical (unpaired) electrons. The highest BCUT2D eigenvalue weighted by Crippen LogP contribution is 2.33. The molecule has 2 amide bonds. The van der Waals surface area contributed by atoms with Crippen molar-refractivity contribution in [2.75, 3.05) is 19.7 Å². The van der Waals surface area contributed by atoms with Gasteiger partial charge in [0.1, 0.15) is 0 Å². The molecule has 5 nitrogen and oxygen atoms in total. The highest BCUT2D eigenvalue weighted by atomic mass is 16.5. The predicted molar refractivity (Wildman–Crippen MR) is 111 cm³/mol. The van der Waals surface area contributed by atoms with E-state index in [1.165, 1.54) is 16.3 Å². The van der Waals surface area contributed by atoms with Gasteiger partial charge in [-0.25, -0.2) is 4.79 Å². The minimum atomic E-state index is 0.0926. The maximum Gasteiger partial charge on any atom is 0.317 e. The number of nitrogens with one attached hydrogen (secondary N) is 1. The first-order valence-corrected chi connectivity index (χ1v) is 10.6. The molecule has 2 aliphatic heterocycles. The molecule has 1 N–H and O–H groups in total. The minimum absolute atomic E-state index is 0.0926. The molecule has 1 aromatic heterocycles. The Morgan fingerprint density at radius 3 is 2.82 bits per heavy atom. The van der Waals surface area contributed by atoms with E-state index in [-0.39, 0.29) is 18.2 Å². The van der Waals surface area contributed by atoms with Crippen LogP contribution in [0.4, 0.5) is 4.79 Å². The summed E-state index contributed by atoms with van der Waals surface area (Å²) < 4.78 is 5.83. The second-order valence-corrected chi connectivity index (χ2v) is 8.53. The molecule has 0 aliphatic carbocycles. The van der Waals surface area contributed by atoms with E-state index in [2.05, 4.69) is 48.4 Å². The van der Waals surface area contributed by atoms with Gasteiger partial charge in [-0.3, -0.25) is 4.98 Å². The van der Waals surface area contributed by atoms with Crippen LogP contribution < -0.4 is 5.32 Å². The number of aromatic nitrogens is 1. The molecule has 4 rings (SSSR count). The zero-order valence-electron chi connectivity index (χ0n) is 16.9. The standard InChI is InChI=1S/C23H31N3O2/c1-16(2)22-14-19(9-13-28-22)25-23(27)26-11-7-17(8-12-26)20-5-3-4-18-15-24-10-6-21(18)20/h3-6,10,15-17,19,22H,7-9,11-14H2,1-2H3,(H,25,27)/t19-,22+/m0/s1. The molecule has 5 heteroatoms. The fraction of sp³-hybridized carbons (Fsp3) is 0.565. The number of rotatable bonds is 3. The van der Waals surface area contributed by atoms with Gasteiger partial charge in [0.25, 0.3) is 0 Å². The number of carbonyl (C=O) groups is 1. The molecule has 2 aliphatic rings. The molecule has 0 unspecified atom stereocenters. The Hall–Kier alpha value is -2.14. The summed E-state index contributed by atoms with van der Waals surface area (Å²) >= 11 is 0. The second kappa shape index (κ2) is 8.48. The van der Waals surface area contributed by atoms with Crippen molar-refractivity contribution in [3.05, 3.63) is 42.2 Å². The zero-order valence-corrected chi connectivity index (χ0v) is 16.9. The molecule has 0 spiro atoms. The number of likely N-dealkylation sites (tertiary alicyclic amines) is 1. The van der Waals surface area contributed by atoms with E-state index in [9.17, 15) is 4.79 Å². The van der Waals surface area contributed by atoms with Crippen LogP contribution >= 0.6 is 0 Å². The molecule has 0 bridgehead atoms. The summed E-state index contributed by atoms with van der Waals surface area (Å²) in [4.78, 5) is 19.0. The van der Waals surface area contributed by atoms with E-state index in [1.807, 2.05) is 17.3 Å². The van der Waals surface area contributed by atoms with Crippen LogP contribution in [0.2, 0.25) is 0 Å². The van der Waals surface area contributed by atoms with Gasteiger partial charge in [-0.15, -0.1) is 0 Å². The third-order valence-electron chi connectivity index (χ3n) is 6.32. The fourth-order valence-corrected chi connectivity index (χ4v) is 4.59. The number of benzene rings is 1. The lowest BCUT2D eigenvalue weighted by molar-refractivity contribution is -0.0232. The smallest absolute Gasteiger partial charge is 0.317 e. The first-order valence-electron chi connectivity index (χ1n) is 10.6. The molecule has 2 aromatic rings. The third-order valence-corrected chi connectivity index (χ3v) is 6.32. The van der Waals surface area contributed by atoms with Crippen molar-refractivity contribution in [3.8, 4) is 0 Å². The van der Waals surface area contributed by atoms with Crippen LogP contribution in [-0.4, -0.2) is 47.8 Å². The Morgan fingerprint density at radius 1 is 1.21 bits per heavy atom. The summed E-state index contributed by atoms with van der Waals surface area (Å²) in [6.07, 6.45) is 7.91. The quantitative estimate of drug-likeness (QED) is 0.861. The van der Waals surface area contributed by atoms with Crippen molar-refractivity contribution in [2.24, 2.45) is 5.92 Å². The van der Waals surface area contributed by atoms with Crippen molar-refractivity contribution in [3.63, 3.8) is 0 Å². The van der Waals surface area contributed by atoms with E-state index in [1.54, 1.807) is 0 Å². The van der Waals surface area contributed by atoms with E-state index in [4.69, 9.17) is 4.74 Å². The van der Waals surface area contributed by atoms with Crippen LogP contribution in [0.15, 0.2) is 36.7 Å². The van der Waals surface area contributed by atoms with Crippen LogP contribution in [0.25, 0.3) is 10.8 Å². The molecule has 2 atom stereocenters. The maximum absolute atomic E-state index is 12.8. The van der Waals surface area contributed by atoms with Gasteiger partial charge < -0.3 is 15.0 Å². The highest BCUT2D eigenvalue weighted by molar-refractivity contribution is 5.85. The van der Waals surface area contributed by atoms with Crippen LogP contribution in [0.1, 0.15) is 51.0 Å². The lowest BCUT2D eigenvalue weighted by atomic mass is 9.87. The minimum Gasteiger partial charge on any atom is -0.378 e. The summed E-state index contributed by atoms with van der Waals surface area (Å²) in [6.45, 7) is 6.74. The number of carbonyl (C=O) groups excluding carboxylic acids is 1. The van der Waals surface area contributed by atoms with Gasteiger partial charge >= 0.3 is 6.03 Å². The van der Waals surface area contributed by atoms with E-state index >= 15 is 0 Å². The highest BCUT2D eigenvalue weighted by Gasteiger charge is 2.29. The Balaban J connectivity index is 1.34. The van der Waals surface area contributed by atoms with Crippen molar-refractivity contribution in [1.29, 1.82) is 0 Å². The van der Waals surface area contributed by atoms with Crippen LogP contribution in [0.3, 0.4) is 0 Å². The number of nitrogens with zero attached hydrogens (tertiary/aromatic N) is 2. The zero-order chi connectivity index (χ0) is 19.5. The van der Waals surface area contributed by atoms with Gasteiger partial charge in [-0.05, 0) is 54.5 Å². The van der Waals surface area contributed by atoms with Crippen molar-refractivity contribution in [2.45, 2.75) is 57.6 Å². The normalized spacial score (nSPS) is 23.9. The summed E-state index contributed by atoms with van der Waals surface area (Å²) in [5, 5.41) is 5.74. The molecule has 150 valence electrons. The van der Waals surface area contributed by atoms with Gasteiger partial charge in [-0.2, -0.15) is 0 Å². The Morgan fingerprint density at radius 2 is 2.04 bits per heavy atom. The van der Waals surface area contributed by atoms with E-state index in [0.717, 1.165) is 45.4 Å². The lowest BCUT2D eigenvalue weighted by Gasteiger charge is -2.36. The first-order chi connectivity index (χ1) is 13.6. The Bertz CT molecular complexity index is 809. The predicted octanol–water partition coefficient (Wildman–Crippen LogP) is 4.33. The van der Waals surface area contributed by atoms with Crippen molar-refractivity contribution < 1.29 is 9.53 Å². The maximum atomic E-state index is 12.8. The first kappa shape index (κ1) is 19.2. The van der Waals surface area contributed by atoms with Gasteiger partial charge in [0.15, 0.2) is 0 Å². The summed E-state index contributed by atoms with van der Waals surface area (Å²) in [6, 6.07) is 8.91. The van der Waals surface area contributed by atoms with Crippen molar-refractivity contribution in [1.82, 2.24) is 15.2 Å². The van der Waals surface area contributed by atoms with E-state index in [0.29, 0.717) is 11.8 Å². The Labute approximate surface area is 167 Å². The molecule has 0 saturated carbocycles. The largest absolute Gasteiger partial charge is 0.378 e. The number of urea groups is 1. The van der Waals surface area contributed by atoms with Crippen LogP contribution in [0.5, 0.6) is 0 Å². The van der Waals surface area contributed by atoms with Crippen LogP contribution in [-0.2, 0) is 4.74 Å². The molecular weight excluding hydrogens is 350 g/mol. The molecule has 1 aromatic carbocycles. The average Bonchev–Trinajstić information content (AvgIpc) is 2.73. The summed E-state index contributed by atoms with van der Waals surface area (Å²) in [5.41, 5.74) is 1.39. The second-order valence-electron chi connectivity index (χ2n) is 8.53. The summed E-state index contributed by atoms with van der Waals surface area (Å²) in [5.74, 6) is 0.995. The van der Waals surface area contributed by atoms with Crippen LogP contribution in [0, 0.1) is 5.92 Å². The monoisotopic (exact) mass is 381 g/mol. The molecule has 2 fully saturated rings. The average molecular weight is 382 g/mol. The molecule has 28 heavy (non-hydrogen) atoms. The lowest BCUT2D eigenvalue weighted by Crippen LogP contribution is -2.50. The molecule has 3 heterocycles. The molecular formula is C23H31N3O2. The number of hydrogen-bond donors (Lipinski definition) is 1. The number of fused-ring (bicyclic) bond motifs is 1. The fourth-order valence-electron chi connectivity index (χ4n) is 4.59. The van der Waals surface area contributed by atoms with E-state index < -0.39 is 0 Å². The number of amides is 2. The topological polar surface area (TPSA) is 54.5 Å². The van der Waals surface area contributed by atoms with Gasteiger partial charge in [0.2, 0.25) is 0 Å². The van der Waals surface area contributed by atoms with Gasteiger partial charge in [-0.1, -0.05) is 32.0 Å². The van der Waals surface area contributed by atoms with Gasteiger partial charge in [0, 0.05) is 43.5 Å². The molecule has 2 saturated heterocycles. The number of piperidine rings is 1. The van der Waals surface area contributed by atoms with Gasteiger partial charge in [0.05, 0.1) is 6.10 Å². The number of hydrogen-bond acceptors (Lipinski definition) is 3. The number of pyridine rings is 1.